The number of nitrogens with zero attached hydrogens (tertiary/aromatic N) is 4. The number of anilines is 4. The molecule has 16 nitrogen and oxygen atoms in total. The minimum atomic E-state index is -1.65. The minimum Gasteiger partial charge on any atom is -0.495 e. The number of ketones is 2. The van der Waals surface area contributed by atoms with Gasteiger partial charge in [0.1, 0.15) is 22.9 Å². The molecule has 5 rings (SSSR count). The number of hydrogen-bond donors (Lipinski definition) is 4. The lowest BCUT2D eigenvalue weighted by molar-refractivity contribution is -0.127. The number of azo groups is 2. The smallest absolute Gasteiger partial charge is 0.258 e. The van der Waals surface area contributed by atoms with Crippen molar-refractivity contribution in [3.05, 3.63) is 129 Å². The first-order chi connectivity index (χ1) is 32.9. The molecule has 4 amide bonds. The van der Waals surface area contributed by atoms with Crippen molar-refractivity contribution in [2.45, 2.75) is 57.0 Å². The summed E-state index contributed by atoms with van der Waals surface area (Å²) in [5, 5.41) is 26.3. The predicted octanol–water partition coefficient (Wildman–Crippen LogP) is 12.3. The van der Waals surface area contributed by atoms with Crippen LogP contribution in [0, 0.1) is 0 Å². The Bertz CT molecular complexity index is 2840. The highest BCUT2D eigenvalue weighted by molar-refractivity contribution is 6.33. The Morgan fingerprint density at radius 1 is 0.594 bits per heavy atom. The number of para-hydroxylation sites is 2. The molecular weight excluding hydrogens is 994 g/mol. The van der Waals surface area contributed by atoms with Gasteiger partial charge < -0.3 is 30.7 Å². The number of nitrogens with one attached hydrogen (secondary N) is 4. The van der Waals surface area contributed by atoms with Gasteiger partial charge in [-0.05, 0) is 118 Å². The number of rotatable bonds is 20. The summed E-state index contributed by atoms with van der Waals surface area (Å²) in [4.78, 5) is 79.3. The maximum Gasteiger partial charge on any atom is 0.258 e. The fourth-order valence-electron chi connectivity index (χ4n) is 6.59. The Kier molecular flexibility index (Phi) is 19.2. The van der Waals surface area contributed by atoms with Gasteiger partial charge in [-0.3, -0.25) is 28.8 Å². The van der Waals surface area contributed by atoms with Crippen LogP contribution >= 0.6 is 58.0 Å². The molecule has 4 unspecified atom stereocenters. The van der Waals surface area contributed by atoms with Crippen LogP contribution in [0.2, 0.25) is 10.0 Å². The van der Waals surface area contributed by atoms with Gasteiger partial charge in [-0.2, -0.15) is 20.5 Å². The average molecular weight is 1040 g/mol. The SMILES string of the molecule is COc1cccc(C(C)Cl)c1NC(=O)c1ccc(Cl)c(N=NC(C(C)=O)C(=O)Nc2ccc(NC(=O)C(N=Nc3cc(C(=O)Nc4c(OC)cccc4C(C)Cl)ccc3Cl)C(C)=O)c(CCCl)c2)c1. The van der Waals surface area contributed by atoms with Crippen LogP contribution < -0.4 is 30.7 Å². The zero-order valence-corrected chi connectivity index (χ0v) is 41.6. The maximum absolute atomic E-state index is 13.6. The second kappa shape index (κ2) is 24.7. The second-order valence-electron chi connectivity index (χ2n) is 15.1. The Hall–Kier alpha value is -6.43. The molecule has 0 aliphatic carbocycles. The van der Waals surface area contributed by atoms with E-state index in [0.29, 0.717) is 39.6 Å². The van der Waals surface area contributed by atoms with Gasteiger partial charge >= 0.3 is 0 Å². The van der Waals surface area contributed by atoms with Gasteiger partial charge in [-0.15, -0.1) is 34.8 Å². The molecule has 0 bridgehead atoms. The summed E-state index contributed by atoms with van der Waals surface area (Å²) in [5.74, 6) is -3.23. The third-order valence-corrected chi connectivity index (χ3v) is 11.4. The Morgan fingerprint density at radius 2 is 1.04 bits per heavy atom. The second-order valence-corrected chi connectivity index (χ2v) is 17.6. The number of hydrogen-bond acceptors (Lipinski definition) is 12. The molecule has 4 N–H and O–H groups in total. The lowest BCUT2D eigenvalue weighted by atomic mass is 10.1. The maximum atomic E-state index is 13.6. The molecule has 0 aliphatic heterocycles. The van der Waals surface area contributed by atoms with E-state index in [9.17, 15) is 28.8 Å². The van der Waals surface area contributed by atoms with Crippen LogP contribution in [0.15, 0.2) is 111 Å². The third-order valence-electron chi connectivity index (χ3n) is 10.1. The summed E-state index contributed by atoms with van der Waals surface area (Å²) in [6, 6.07) is 19.9. The Morgan fingerprint density at radius 3 is 1.45 bits per heavy atom. The first-order valence-electron chi connectivity index (χ1n) is 20.8. The van der Waals surface area contributed by atoms with Gasteiger partial charge in [0, 0.05) is 28.4 Å². The quantitative estimate of drug-likeness (QED) is 0.0333. The van der Waals surface area contributed by atoms with Crippen molar-refractivity contribution in [1.82, 2.24) is 0 Å². The van der Waals surface area contributed by atoms with Crippen LogP contribution in [-0.2, 0) is 25.6 Å². The molecule has 0 spiro atoms. The molecule has 4 atom stereocenters. The number of carbonyl (C=O) groups excluding carboxylic acids is 6. The van der Waals surface area contributed by atoms with E-state index >= 15 is 0 Å². The van der Waals surface area contributed by atoms with Crippen LogP contribution in [0.25, 0.3) is 0 Å². The van der Waals surface area contributed by atoms with Gasteiger partial charge in [0.15, 0.2) is 11.6 Å². The van der Waals surface area contributed by atoms with Crippen molar-refractivity contribution >= 4 is 127 Å². The standard InChI is InChI=1S/C48H45Cl5N8O8/c1-24(50)32-9-7-11-39(68-5)43(32)56-45(64)29-13-16-34(52)37(22-29)58-60-41(26(3)62)47(66)54-31-15-18-36(28(21-31)19-20-49)55-48(67)42(27(4)63)61-59-38-23-30(14-17-35(38)53)46(65)57-44-33(25(2)51)10-8-12-40(44)69-6/h7-18,21-25,41-42H,19-20H2,1-6H3,(H,54,66)(H,55,67)(H,56,64)(H,57,65). The van der Waals surface area contributed by atoms with Crippen LogP contribution in [0.1, 0.15) is 75.9 Å². The normalized spacial score (nSPS) is 13.0. The van der Waals surface area contributed by atoms with Gasteiger partial charge in [-0.25, -0.2) is 0 Å². The Balaban J connectivity index is 1.30. The van der Waals surface area contributed by atoms with E-state index in [0.717, 1.165) is 13.8 Å². The number of carbonyl (C=O) groups is 6. The highest BCUT2D eigenvalue weighted by Crippen LogP contribution is 2.38. The van der Waals surface area contributed by atoms with Crippen LogP contribution in [0.3, 0.4) is 0 Å². The van der Waals surface area contributed by atoms with Crippen LogP contribution in [-0.4, -0.2) is 67.4 Å². The van der Waals surface area contributed by atoms with Crippen LogP contribution in [0.4, 0.5) is 34.1 Å². The minimum absolute atomic E-state index is 0.00102. The monoisotopic (exact) mass is 1040 g/mol. The summed E-state index contributed by atoms with van der Waals surface area (Å²) < 4.78 is 10.8. The number of aryl methyl sites for hydroxylation is 1. The van der Waals surface area contributed by atoms with E-state index in [-0.39, 0.29) is 56.2 Å². The van der Waals surface area contributed by atoms with Crippen molar-refractivity contribution in [2.75, 3.05) is 41.4 Å². The predicted molar refractivity (Wildman–Crippen MR) is 269 cm³/mol. The third kappa shape index (κ3) is 13.9. The highest BCUT2D eigenvalue weighted by Gasteiger charge is 2.27. The van der Waals surface area contributed by atoms with Gasteiger partial charge in [0.25, 0.3) is 23.6 Å². The zero-order chi connectivity index (χ0) is 50.5. The molecule has 0 aromatic heterocycles. The first-order valence-corrected chi connectivity index (χ1v) is 23.0. The van der Waals surface area contributed by atoms with E-state index in [4.69, 9.17) is 67.5 Å². The van der Waals surface area contributed by atoms with E-state index < -0.39 is 58.0 Å². The fraction of sp³-hybridized carbons (Fsp3) is 0.250. The summed E-state index contributed by atoms with van der Waals surface area (Å²) in [6.45, 7) is 5.81. The molecule has 360 valence electrons. The number of methoxy groups -OCH3 is 2. The molecule has 0 fully saturated rings. The van der Waals surface area contributed by atoms with Crippen LogP contribution in [0.5, 0.6) is 11.5 Å². The molecule has 21 heteroatoms. The van der Waals surface area contributed by atoms with Crippen molar-refractivity contribution in [3.8, 4) is 11.5 Å². The zero-order valence-electron chi connectivity index (χ0n) is 37.8. The van der Waals surface area contributed by atoms with Crippen molar-refractivity contribution in [2.24, 2.45) is 20.5 Å². The Labute approximate surface area is 422 Å². The van der Waals surface area contributed by atoms with E-state index in [1.807, 2.05) is 0 Å². The van der Waals surface area contributed by atoms with E-state index in [2.05, 4.69) is 41.7 Å². The first kappa shape index (κ1) is 53.5. The molecule has 5 aromatic carbocycles. The molecule has 5 aromatic rings. The molecule has 0 aliphatic rings. The molecule has 0 saturated heterocycles. The van der Waals surface area contributed by atoms with Gasteiger partial charge in [0.2, 0.25) is 12.1 Å². The summed E-state index contributed by atoms with van der Waals surface area (Å²) >= 11 is 31.6. The molecule has 69 heavy (non-hydrogen) atoms. The summed E-state index contributed by atoms with van der Waals surface area (Å²) in [6.07, 6.45) is 0.194. The molecule has 0 radical (unpaired) electrons. The number of benzene rings is 5. The van der Waals surface area contributed by atoms with Gasteiger partial charge in [0.05, 0.1) is 46.4 Å². The fourth-order valence-corrected chi connectivity index (χ4v) is 7.47. The lowest BCUT2D eigenvalue weighted by Gasteiger charge is -2.16. The van der Waals surface area contributed by atoms with Crippen molar-refractivity contribution in [1.29, 1.82) is 0 Å². The van der Waals surface area contributed by atoms with E-state index in [1.54, 1.807) is 50.2 Å². The van der Waals surface area contributed by atoms with E-state index in [1.165, 1.54) is 68.8 Å². The topological polar surface area (TPSA) is 218 Å². The number of Topliss-reactive ketones (excluding diaryl/α,β-unsaturated/α-hetero) is 2. The van der Waals surface area contributed by atoms with Crippen molar-refractivity contribution < 1.29 is 38.2 Å². The number of halogens is 5. The van der Waals surface area contributed by atoms with Crippen molar-refractivity contribution in [3.63, 3.8) is 0 Å². The lowest BCUT2D eigenvalue weighted by Crippen LogP contribution is -2.32. The summed E-state index contributed by atoms with van der Waals surface area (Å²) in [5.41, 5.74) is 3.16. The average Bonchev–Trinajstić information content (AvgIpc) is 3.30. The molecular formula is C48H45Cl5N8O8. The molecule has 0 heterocycles. The number of ether oxygens (including phenoxy) is 2. The van der Waals surface area contributed by atoms with Gasteiger partial charge in [-0.1, -0.05) is 47.5 Å². The largest absolute Gasteiger partial charge is 0.495 e. The molecule has 0 saturated carbocycles. The number of alkyl halides is 3. The highest BCUT2D eigenvalue weighted by atomic mass is 35.5. The summed E-state index contributed by atoms with van der Waals surface area (Å²) in [7, 11) is 2.92. The number of amides is 4.